The van der Waals surface area contributed by atoms with E-state index in [1.807, 2.05) is 49.4 Å². The van der Waals surface area contributed by atoms with Crippen LogP contribution < -0.4 is 10.1 Å². The molecule has 0 aliphatic heterocycles. The molecule has 1 aliphatic carbocycles. The number of methoxy groups -OCH3 is 1. The Hall–Kier alpha value is -2.47. The van der Waals surface area contributed by atoms with Crippen LogP contribution in [-0.4, -0.2) is 48.2 Å². The highest BCUT2D eigenvalue weighted by Crippen LogP contribution is 2.19. The number of carbonyl (C=O) groups is 2. The van der Waals surface area contributed by atoms with Crippen LogP contribution in [0.25, 0.3) is 0 Å². The zero-order valence-corrected chi connectivity index (χ0v) is 19.9. The lowest BCUT2D eigenvalue weighted by Gasteiger charge is -2.29. The van der Waals surface area contributed by atoms with Crippen molar-refractivity contribution in [1.82, 2.24) is 10.2 Å². The van der Waals surface area contributed by atoms with Gasteiger partial charge in [0.05, 0.1) is 12.9 Å². The number of hydrogen-bond acceptors (Lipinski definition) is 4. The van der Waals surface area contributed by atoms with Crippen LogP contribution in [0, 0.1) is 0 Å². The molecule has 0 spiro atoms. The third kappa shape index (κ3) is 7.30. The van der Waals surface area contributed by atoms with E-state index >= 15 is 0 Å². The zero-order chi connectivity index (χ0) is 22.8. The Morgan fingerprint density at radius 3 is 2.41 bits per heavy atom. The summed E-state index contributed by atoms with van der Waals surface area (Å²) in [5, 5.41) is 3.15. The van der Waals surface area contributed by atoms with Gasteiger partial charge in [-0.3, -0.25) is 9.59 Å². The summed E-state index contributed by atoms with van der Waals surface area (Å²) in [6.45, 7) is 2.38. The standard InChI is InChI=1S/C26H34N2O3S/c1-20(26(30)27-23-10-6-7-11-23)28(17-16-21-8-4-3-5-9-21)25(29)19-32-18-22-12-14-24(31-2)15-13-22/h3-5,8-9,12-15,20,23H,6-7,10-11,16-19H2,1-2H3,(H,27,30)/t20-/m1/s1. The van der Waals surface area contributed by atoms with E-state index in [1.54, 1.807) is 23.8 Å². The second-order valence-corrected chi connectivity index (χ2v) is 9.32. The largest absolute Gasteiger partial charge is 0.497 e. The van der Waals surface area contributed by atoms with Crippen molar-refractivity contribution in [1.29, 1.82) is 0 Å². The van der Waals surface area contributed by atoms with Crippen molar-refractivity contribution < 1.29 is 14.3 Å². The minimum atomic E-state index is -0.478. The Morgan fingerprint density at radius 2 is 1.75 bits per heavy atom. The fraction of sp³-hybridized carbons (Fsp3) is 0.462. The van der Waals surface area contributed by atoms with E-state index < -0.39 is 6.04 Å². The van der Waals surface area contributed by atoms with E-state index in [2.05, 4.69) is 17.4 Å². The van der Waals surface area contributed by atoms with Gasteiger partial charge in [0.2, 0.25) is 11.8 Å². The zero-order valence-electron chi connectivity index (χ0n) is 19.1. The summed E-state index contributed by atoms with van der Waals surface area (Å²) in [5.74, 6) is 1.88. The summed E-state index contributed by atoms with van der Waals surface area (Å²) < 4.78 is 5.20. The number of ether oxygens (including phenoxy) is 1. The number of hydrogen-bond donors (Lipinski definition) is 1. The monoisotopic (exact) mass is 454 g/mol. The van der Waals surface area contributed by atoms with Gasteiger partial charge in [-0.2, -0.15) is 0 Å². The average molecular weight is 455 g/mol. The minimum absolute atomic E-state index is 0.00788. The molecular weight excluding hydrogens is 420 g/mol. The molecule has 5 nitrogen and oxygen atoms in total. The molecule has 0 unspecified atom stereocenters. The first-order valence-corrected chi connectivity index (χ1v) is 12.6. The lowest BCUT2D eigenvalue weighted by Crippen LogP contribution is -2.51. The number of amides is 2. The van der Waals surface area contributed by atoms with Crippen LogP contribution in [0.4, 0.5) is 0 Å². The SMILES string of the molecule is COc1ccc(CSCC(=O)N(CCc2ccccc2)[C@H](C)C(=O)NC2CCCC2)cc1. The van der Waals surface area contributed by atoms with Gasteiger partial charge in [-0.05, 0) is 49.4 Å². The maximum absolute atomic E-state index is 13.1. The van der Waals surface area contributed by atoms with Crippen molar-refractivity contribution in [2.75, 3.05) is 19.4 Å². The predicted molar refractivity (Wildman–Crippen MR) is 131 cm³/mol. The number of rotatable bonds is 11. The van der Waals surface area contributed by atoms with Crippen LogP contribution in [0.5, 0.6) is 5.75 Å². The molecule has 6 heteroatoms. The maximum Gasteiger partial charge on any atom is 0.242 e. The van der Waals surface area contributed by atoms with Gasteiger partial charge in [-0.25, -0.2) is 0 Å². The molecule has 172 valence electrons. The second kappa shape index (κ2) is 12.5. The molecular formula is C26H34N2O3S. The van der Waals surface area contributed by atoms with Gasteiger partial charge in [-0.15, -0.1) is 11.8 Å². The highest BCUT2D eigenvalue weighted by Gasteiger charge is 2.28. The molecule has 1 fully saturated rings. The molecule has 1 N–H and O–H groups in total. The Morgan fingerprint density at radius 1 is 1.06 bits per heavy atom. The molecule has 1 aliphatic rings. The van der Waals surface area contributed by atoms with Gasteiger partial charge in [0.25, 0.3) is 0 Å². The molecule has 32 heavy (non-hydrogen) atoms. The van der Waals surface area contributed by atoms with Crippen LogP contribution in [0.3, 0.4) is 0 Å². The molecule has 0 bridgehead atoms. The van der Waals surface area contributed by atoms with Crippen molar-refractivity contribution in [3.05, 3.63) is 65.7 Å². The van der Waals surface area contributed by atoms with Crippen molar-refractivity contribution >= 4 is 23.6 Å². The van der Waals surface area contributed by atoms with Crippen molar-refractivity contribution in [3.8, 4) is 5.75 Å². The van der Waals surface area contributed by atoms with Crippen molar-refractivity contribution in [2.24, 2.45) is 0 Å². The molecule has 2 amide bonds. The van der Waals surface area contributed by atoms with Gasteiger partial charge in [0.15, 0.2) is 0 Å². The van der Waals surface area contributed by atoms with Gasteiger partial charge < -0.3 is 15.0 Å². The fourth-order valence-electron chi connectivity index (χ4n) is 4.02. The summed E-state index contributed by atoms with van der Waals surface area (Å²) in [5.41, 5.74) is 2.31. The second-order valence-electron chi connectivity index (χ2n) is 8.33. The Kier molecular flexibility index (Phi) is 9.47. The Labute approximate surface area is 195 Å². The third-order valence-corrected chi connectivity index (χ3v) is 6.99. The molecule has 0 saturated heterocycles. The molecule has 1 saturated carbocycles. The summed E-state index contributed by atoms with van der Waals surface area (Å²) in [6.07, 6.45) is 5.13. The van der Waals surface area contributed by atoms with Crippen LogP contribution in [0.15, 0.2) is 54.6 Å². The summed E-state index contributed by atoms with van der Waals surface area (Å²) in [4.78, 5) is 27.8. The summed E-state index contributed by atoms with van der Waals surface area (Å²) in [6, 6.07) is 17.8. The predicted octanol–water partition coefficient (Wildman–Crippen LogP) is 4.45. The third-order valence-electron chi connectivity index (χ3n) is 6.01. The van der Waals surface area contributed by atoms with Gasteiger partial charge in [0, 0.05) is 18.3 Å². The van der Waals surface area contributed by atoms with E-state index in [-0.39, 0.29) is 17.9 Å². The van der Waals surface area contributed by atoms with Crippen LogP contribution >= 0.6 is 11.8 Å². The van der Waals surface area contributed by atoms with Crippen LogP contribution in [-0.2, 0) is 21.8 Å². The number of thioether (sulfide) groups is 1. The molecule has 2 aromatic carbocycles. The average Bonchev–Trinajstić information content (AvgIpc) is 3.33. The first-order valence-electron chi connectivity index (χ1n) is 11.4. The number of carbonyl (C=O) groups excluding carboxylic acids is 2. The number of nitrogens with zero attached hydrogens (tertiary/aromatic N) is 1. The maximum atomic E-state index is 13.1. The van der Waals surface area contributed by atoms with Crippen LogP contribution in [0.2, 0.25) is 0 Å². The molecule has 0 radical (unpaired) electrons. The van der Waals surface area contributed by atoms with E-state index in [0.717, 1.165) is 49.2 Å². The summed E-state index contributed by atoms with van der Waals surface area (Å²) in [7, 11) is 1.65. The molecule has 3 rings (SSSR count). The lowest BCUT2D eigenvalue weighted by atomic mass is 10.1. The summed E-state index contributed by atoms with van der Waals surface area (Å²) >= 11 is 1.58. The Bertz CT molecular complexity index is 851. The molecule has 0 heterocycles. The van der Waals surface area contributed by atoms with Gasteiger partial charge in [-0.1, -0.05) is 55.3 Å². The quantitative estimate of drug-likeness (QED) is 0.545. The Balaban J connectivity index is 1.58. The minimum Gasteiger partial charge on any atom is -0.497 e. The first-order chi connectivity index (χ1) is 15.6. The first kappa shape index (κ1) is 24.2. The van der Waals surface area contributed by atoms with Crippen LogP contribution in [0.1, 0.15) is 43.7 Å². The number of nitrogens with one attached hydrogen (secondary N) is 1. The van der Waals surface area contributed by atoms with E-state index in [0.29, 0.717) is 12.3 Å². The molecule has 0 aromatic heterocycles. The molecule has 1 atom stereocenters. The smallest absolute Gasteiger partial charge is 0.242 e. The topological polar surface area (TPSA) is 58.6 Å². The van der Waals surface area contributed by atoms with Crippen molar-refractivity contribution in [2.45, 2.75) is 56.9 Å². The fourth-order valence-corrected chi connectivity index (χ4v) is 4.89. The van der Waals surface area contributed by atoms with E-state index in [1.165, 1.54) is 5.56 Å². The lowest BCUT2D eigenvalue weighted by molar-refractivity contribution is -0.138. The normalized spacial score (nSPS) is 14.7. The van der Waals surface area contributed by atoms with E-state index in [4.69, 9.17) is 4.74 Å². The number of benzene rings is 2. The highest BCUT2D eigenvalue weighted by molar-refractivity contribution is 7.99. The molecule has 2 aromatic rings. The van der Waals surface area contributed by atoms with Crippen molar-refractivity contribution in [3.63, 3.8) is 0 Å². The van der Waals surface area contributed by atoms with E-state index in [9.17, 15) is 9.59 Å². The van der Waals surface area contributed by atoms with Gasteiger partial charge >= 0.3 is 0 Å². The van der Waals surface area contributed by atoms with Gasteiger partial charge in [0.1, 0.15) is 11.8 Å². The highest BCUT2D eigenvalue weighted by atomic mass is 32.2.